The van der Waals surface area contributed by atoms with Crippen LogP contribution in [0.1, 0.15) is 0 Å². The largest absolute Gasteiger partial charge is 0.457 e. The number of benzene rings is 2. The molecule has 0 fully saturated rings. The number of rotatable bonds is 6. The number of ether oxygens (including phenoxy) is 1. The van der Waals surface area contributed by atoms with Crippen LogP contribution in [0.5, 0.6) is 11.6 Å². The fourth-order valence-electron chi connectivity index (χ4n) is 2.58. The molecule has 0 radical (unpaired) electrons. The van der Waals surface area contributed by atoms with Gasteiger partial charge in [-0.15, -0.1) is 12.6 Å². The number of nitrogens with one attached hydrogen (secondary N) is 2. The Morgan fingerprint density at radius 1 is 1.10 bits per heavy atom. The number of aromatic nitrogens is 2. The second-order valence-electron chi connectivity index (χ2n) is 5.98. The third kappa shape index (κ3) is 4.39. The number of thiol groups is 1. The van der Waals surface area contributed by atoms with Crippen LogP contribution in [0.3, 0.4) is 0 Å². The lowest BCUT2D eigenvalue weighted by atomic mass is 10.3. The molecule has 0 aliphatic heterocycles. The monoisotopic (exact) mass is 404 g/mol. The maximum atomic E-state index is 11.5. The lowest BCUT2D eigenvalue weighted by Gasteiger charge is -2.10. The summed E-state index contributed by atoms with van der Waals surface area (Å²) in [6.07, 6.45) is 2.72. The number of hydrogen-bond acceptors (Lipinski definition) is 7. The molecule has 7 nitrogen and oxygen atoms in total. The highest BCUT2D eigenvalue weighted by Crippen LogP contribution is 2.31. The molecule has 29 heavy (non-hydrogen) atoms. The maximum Gasteiger partial charge on any atom is 0.268 e. The Kier molecular flexibility index (Phi) is 5.17. The van der Waals surface area contributed by atoms with Crippen molar-refractivity contribution in [2.24, 2.45) is 0 Å². The van der Waals surface area contributed by atoms with E-state index >= 15 is 0 Å². The molecule has 0 atom stereocenters. The quantitative estimate of drug-likeness (QED) is 0.303. The maximum absolute atomic E-state index is 11.5. The number of furan rings is 1. The summed E-state index contributed by atoms with van der Waals surface area (Å²) in [5.41, 5.74) is 2.40. The van der Waals surface area contributed by atoms with Crippen LogP contribution in [0, 0.1) is 0 Å². The predicted molar refractivity (Wildman–Crippen MR) is 114 cm³/mol. The first kappa shape index (κ1) is 18.6. The van der Waals surface area contributed by atoms with E-state index in [2.05, 4.69) is 39.8 Å². The van der Waals surface area contributed by atoms with Gasteiger partial charge >= 0.3 is 0 Å². The Bertz CT molecular complexity index is 1190. The van der Waals surface area contributed by atoms with Crippen molar-refractivity contribution in [3.8, 4) is 11.6 Å². The summed E-state index contributed by atoms with van der Waals surface area (Å²) in [6, 6.07) is 16.1. The molecule has 4 rings (SSSR count). The summed E-state index contributed by atoms with van der Waals surface area (Å²) in [4.78, 5) is 21.2. The number of anilines is 3. The molecule has 2 aromatic carbocycles. The zero-order chi connectivity index (χ0) is 20.2. The molecule has 2 heterocycles. The highest BCUT2D eigenvalue weighted by molar-refractivity contribution is 7.80. The van der Waals surface area contributed by atoms with E-state index in [4.69, 9.17) is 9.15 Å². The standard InChI is InChI=1S/C21H16N4O3S/c1-2-18(26)22-14-4-3-5-15(12-14)28-20-19-17(10-11-27-19)24-21(25-20)23-13-6-8-16(29)9-7-13/h2-12,29H,1H2,(H,22,26)(H,23,24,25). The molecule has 0 aliphatic rings. The van der Waals surface area contributed by atoms with Gasteiger partial charge in [0.15, 0.2) is 0 Å². The zero-order valence-corrected chi connectivity index (χ0v) is 16.0. The van der Waals surface area contributed by atoms with Gasteiger partial charge in [-0.1, -0.05) is 12.6 Å². The van der Waals surface area contributed by atoms with Gasteiger partial charge in [-0.2, -0.15) is 4.98 Å². The van der Waals surface area contributed by atoms with E-state index in [0.29, 0.717) is 28.5 Å². The minimum Gasteiger partial charge on any atom is -0.457 e. The van der Waals surface area contributed by atoms with Gasteiger partial charge in [0.05, 0.1) is 6.26 Å². The first-order chi connectivity index (χ1) is 14.1. The van der Waals surface area contributed by atoms with Crippen LogP contribution < -0.4 is 15.4 Å². The summed E-state index contributed by atoms with van der Waals surface area (Å²) >= 11 is 4.28. The molecule has 2 N–H and O–H groups in total. The fraction of sp³-hybridized carbons (Fsp3) is 0. The van der Waals surface area contributed by atoms with Crippen molar-refractivity contribution < 1.29 is 13.9 Å². The molecule has 1 amide bonds. The van der Waals surface area contributed by atoms with Crippen LogP contribution in [-0.2, 0) is 4.79 Å². The van der Waals surface area contributed by atoms with Crippen LogP contribution >= 0.6 is 12.6 Å². The molecule has 8 heteroatoms. The minimum atomic E-state index is -0.309. The predicted octanol–water partition coefficient (Wildman–Crippen LogP) is 5.17. The molecule has 0 aliphatic carbocycles. The number of carbonyl (C=O) groups excluding carboxylic acids is 1. The number of nitrogens with zero attached hydrogens (tertiary/aromatic N) is 2. The van der Waals surface area contributed by atoms with Crippen LogP contribution in [0.15, 0.2) is 82.8 Å². The van der Waals surface area contributed by atoms with Gasteiger partial charge in [-0.25, -0.2) is 4.98 Å². The van der Waals surface area contributed by atoms with Crippen molar-refractivity contribution >= 4 is 47.0 Å². The molecule has 144 valence electrons. The number of fused-ring (bicyclic) bond motifs is 1. The molecule has 0 saturated carbocycles. The smallest absolute Gasteiger partial charge is 0.268 e. The Labute approximate surface area is 171 Å². The van der Waals surface area contributed by atoms with Crippen LogP contribution in [0.25, 0.3) is 11.1 Å². The summed E-state index contributed by atoms with van der Waals surface area (Å²) < 4.78 is 11.4. The zero-order valence-electron chi connectivity index (χ0n) is 15.1. The topological polar surface area (TPSA) is 89.3 Å². The highest BCUT2D eigenvalue weighted by Gasteiger charge is 2.14. The molecule has 0 spiro atoms. The molecular formula is C21H16N4O3S. The second-order valence-corrected chi connectivity index (χ2v) is 6.50. The van der Waals surface area contributed by atoms with Crippen molar-refractivity contribution in [2.75, 3.05) is 10.6 Å². The minimum absolute atomic E-state index is 0.250. The van der Waals surface area contributed by atoms with Gasteiger partial charge in [-0.05, 0) is 42.5 Å². The van der Waals surface area contributed by atoms with Crippen LogP contribution in [0.4, 0.5) is 17.3 Å². The lowest BCUT2D eigenvalue weighted by Crippen LogP contribution is -2.07. The molecule has 0 unspecified atom stereocenters. The van der Waals surface area contributed by atoms with Crippen molar-refractivity contribution in [3.05, 3.63) is 73.5 Å². The first-order valence-corrected chi connectivity index (χ1v) is 9.08. The molecule has 0 saturated heterocycles. The Morgan fingerprint density at radius 2 is 1.93 bits per heavy atom. The fourth-order valence-corrected chi connectivity index (χ4v) is 2.73. The van der Waals surface area contributed by atoms with Gasteiger partial charge < -0.3 is 19.8 Å². The van der Waals surface area contributed by atoms with E-state index in [1.807, 2.05) is 24.3 Å². The van der Waals surface area contributed by atoms with Gasteiger partial charge in [0.2, 0.25) is 17.4 Å². The first-order valence-electron chi connectivity index (χ1n) is 8.63. The van der Waals surface area contributed by atoms with Crippen molar-refractivity contribution in [1.29, 1.82) is 0 Å². The third-order valence-corrected chi connectivity index (χ3v) is 4.20. The average molecular weight is 404 g/mol. The van der Waals surface area contributed by atoms with E-state index in [1.165, 1.54) is 12.3 Å². The van der Waals surface area contributed by atoms with Gasteiger partial charge in [-0.3, -0.25) is 4.79 Å². The van der Waals surface area contributed by atoms with Gasteiger partial charge in [0.25, 0.3) is 5.88 Å². The second kappa shape index (κ2) is 8.07. The van der Waals surface area contributed by atoms with Gasteiger partial charge in [0.1, 0.15) is 11.3 Å². The third-order valence-electron chi connectivity index (χ3n) is 3.90. The van der Waals surface area contributed by atoms with E-state index in [1.54, 1.807) is 30.3 Å². The van der Waals surface area contributed by atoms with E-state index < -0.39 is 0 Å². The van der Waals surface area contributed by atoms with Crippen molar-refractivity contribution in [2.45, 2.75) is 4.90 Å². The Balaban J connectivity index is 1.64. The normalized spacial score (nSPS) is 10.5. The highest BCUT2D eigenvalue weighted by atomic mass is 32.1. The van der Waals surface area contributed by atoms with E-state index in [-0.39, 0.29) is 11.8 Å². The Hall–Kier alpha value is -3.78. The van der Waals surface area contributed by atoms with E-state index in [9.17, 15) is 4.79 Å². The number of hydrogen-bond donors (Lipinski definition) is 3. The van der Waals surface area contributed by atoms with Crippen LogP contribution in [-0.4, -0.2) is 15.9 Å². The van der Waals surface area contributed by atoms with Crippen molar-refractivity contribution in [3.63, 3.8) is 0 Å². The summed E-state index contributed by atoms with van der Waals surface area (Å²) in [5.74, 6) is 0.780. The van der Waals surface area contributed by atoms with E-state index in [0.717, 1.165) is 10.6 Å². The summed E-state index contributed by atoms with van der Waals surface area (Å²) in [7, 11) is 0. The lowest BCUT2D eigenvalue weighted by molar-refractivity contribution is -0.111. The van der Waals surface area contributed by atoms with Crippen molar-refractivity contribution in [1.82, 2.24) is 9.97 Å². The number of amides is 1. The molecule has 0 bridgehead atoms. The SMILES string of the molecule is C=CC(=O)Nc1cccc(Oc2nc(Nc3ccc(S)cc3)nc3ccoc23)c1. The molecular weight excluding hydrogens is 388 g/mol. The summed E-state index contributed by atoms with van der Waals surface area (Å²) in [5, 5.41) is 5.83. The van der Waals surface area contributed by atoms with Gasteiger partial charge in [0, 0.05) is 28.4 Å². The average Bonchev–Trinajstić information content (AvgIpc) is 3.19. The Morgan fingerprint density at radius 3 is 2.72 bits per heavy atom. The van der Waals surface area contributed by atoms with Crippen LogP contribution in [0.2, 0.25) is 0 Å². The number of carbonyl (C=O) groups is 1. The molecule has 2 aromatic heterocycles. The molecule has 4 aromatic rings. The summed E-state index contributed by atoms with van der Waals surface area (Å²) in [6.45, 7) is 3.44.